The molecular formula is C13H14ClN5O. The van der Waals surface area contributed by atoms with Crippen LogP contribution in [0.2, 0.25) is 5.28 Å². The summed E-state index contributed by atoms with van der Waals surface area (Å²) in [4.78, 5) is 19.1. The lowest BCUT2D eigenvalue weighted by Gasteiger charge is -2.15. The molecule has 0 radical (unpaired) electrons. The van der Waals surface area contributed by atoms with Crippen molar-refractivity contribution in [2.45, 2.75) is 12.8 Å². The fourth-order valence-corrected chi connectivity index (χ4v) is 2.34. The van der Waals surface area contributed by atoms with Crippen molar-refractivity contribution in [3.8, 4) is 17.1 Å². The number of anilines is 1. The molecule has 1 aliphatic heterocycles. The van der Waals surface area contributed by atoms with Crippen LogP contribution in [0.3, 0.4) is 0 Å². The van der Waals surface area contributed by atoms with E-state index in [1.807, 2.05) is 6.07 Å². The van der Waals surface area contributed by atoms with E-state index in [1.54, 1.807) is 19.5 Å². The third-order valence-corrected chi connectivity index (χ3v) is 3.36. The van der Waals surface area contributed by atoms with Crippen LogP contribution < -0.4 is 9.64 Å². The molecule has 20 heavy (non-hydrogen) atoms. The van der Waals surface area contributed by atoms with Gasteiger partial charge in [-0.1, -0.05) is 0 Å². The highest BCUT2D eigenvalue weighted by atomic mass is 35.5. The number of aromatic nitrogens is 4. The largest absolute Gasteiger partial charge is 0.495 e. The molecule has 0 aromatic carbocycles. The van der Waals surface area contributed by atoms with Gasteiger partial charge in [0.15, 0.2) is 5.82 Å². The molecule has 2 aromatic heterocycles. The molecule has 0 spiro atoms. The summed E-state index contributed by atoms with van der Waals surface area (Å²) in [7, 11) is 1.59. The SMILES string of the molecule is COc1cncc(-c2nc(Cl)nc(N3CCCC3)n2)c1. The van der Waals surface area contributed by atoms with Gasteiger partial charge in [0.2, 0.25) is 11.2 Å². The Morgan fingerprint density at radius 2 is 1.95 bits per heavy atom. The van der Waals surface area contributed by atoms with Crippen molar-refractivity contribution in [1.82, 2.24) is 19.9 Å². The molecule has 1 saturated heterocycles. The normalized spacial score (nSPS) is 14.6. The van der Waals surface area contributed by atoms with Gasteiger partial charge in [-0.25, -0.2) is 0 Å². The summed E-state index contributed by atoms with van der Waals surface area (Å²) < 4.78 is 5.16. The highest BCUT2D eigenvalue weighted by Gasteiger charge is 2.17. The van der Waals surface area contributed by atoms with E-state index in [2.05, 4.69) is 24.8 Å². The first-order chi connectivity index (χ1) is 9.76. The van der Waals surface area contributed by atoms with Gasteiger partial charge in [-0.15, -0.1) is 0 Å². The van der Waals surface area contributed by atoms with Crippen molar-refractivity contribution in [3.63, 3.8) is 0 Å². The minimum absolute atomic E-state index is 0.194. The lowest BCUT2D eigenvalue weighted by atomic mass is 10.2. The average Bonchev–Trinajstić information content (AvgIpc) is 3.01. The Bertz CT molecular complexity index is 615. The van der Waals surface area contributed by atoms with Crippen LogP contribution in [0.25, 0.3) is 11.4 Å². The molecular weight excluding hydrogens is 278 g/mol. The molecule has 1 fully saturated rings. The fraction of sp³-hybridized carbons (Fsp3) is 0.385. The number of nitrogens with zero attached hydrogens (tertiary/aromatic N) is 5. The van der Waals surface area contributed by atoms with Gasteiger partial charge in [0, 0.05) is 24.8 Å². The van der Waals surface area contributed by atoms with Gasteiger partial charge in [0.05, 0.1) is 13.3 Å². The number of hydrogen-bond acceptors (Lipinski definition) is 6. The first kappa shape index (κ1) is 13.1. The average molecular weight is 292 g/mol. The monoisotopic (exact) mass is 291 g/mol. The summed E-state index contributed by atoms with van der Waals surface area (Å²) in [5.41, 5.74) is 0.758. The summed E-state index contributed by atoms with van der Waals surface area (Å²) in [5, 5.41) is 0.194. The third-order valence-electron chi connectivity index (χ3n) is 3.19. The molecule has 0 amide bonds. The van der Waals surface area contributed by atoms with Gasteiger partial charge in [-0.2, -0.15) is 15.0 Å². The highest BCUT2D eigenvalue weighted by molar-refractivity contribution is 6.28. The van der Waals surface area contributed by atoms with E-state index in [-0.39, 0.29) is 5.28 Å². The summed E-state index contributed by atoms with van der Waals surface area (Å²) in [6, 6.07) is 1.83. The van der Waals surface area contributed by atoms with Crippen LogP contribution in [0.5, 0.6) is 5.75 Å². The molecule has 0 N–H and O–H groups in total. The number of hydrogen-bond donors (Lipinski definition) is 0. The van der Waals surface area contributed by atoms with Crippen LogP contribution in [0.1, 0.15) is 12.8 Å². The molecule has 0 saturated carbocycles. The Hall–Kier alpha value is -1.95. The van der Waals surface area contributed by atoms with E-state index < -0.39 is 0 Å². The lowest BCUT2D eigenvalue weighted by molar-refractivity contribution is 0.413. The zero-order valence-electron chi connectivity index (χ0n) is 11.1. The predicted molar refractivity (Wildman–Crippen MR) is 76.1 cm³/mol. The molecule has 2 aromatic rings. The van der Waals surface area contributed by atoms with E-state index in [1.165, 1.54) is 0 Å². The summed E-state index contributed by atoms with van der Waals surface area (Å²) in [5.74, 6) is 1.79. The van der Waals surface area contributed by atoms with Crippen LogP contribution >= 0.6 is 11.6 Å². The molecule has 0 atom stereocenters. The van der Waals surface area contributed by atoms with Crippen molar-refractivity contribution in [3.05, 3.63) is 23.7 Å². The van der Waals surface area contributed by atoms with Crippen LogP contribution in [0.15, 0.2) is 18.5 Å². The fourth-order valence-electron chi connectivity index (χ4n) is 2.18. The first-order valence-electron chi connectivity index (χ1n) is 6.42. The van der Waals surface area contributed by atoms with Crippen LogP contribution in [0.4, 0.5) is 5.95 Å². The van der Waals surface area contributed by atoms with E-state index >= 15 is 0 Å². The van der Waals surface area contributed by atoms with Gasteiger partial charge in [0.1, 0.15) is 5.75 Å². The van der Waals surface area contributed by atoms with Gasteiger partial charge in [-0.3, -0.25) is 4.98 Å². The molecule has 7 heteroatoms. The Morgan fingerprint density at radius 1 is 1.15 bits per heavy atom. The maximum Gasteiger partial charge on any atom is 0.230 e. The predicted octanol–water partition coefficient (Wildman–Crippen LogP) is 2.20. The van der Waals surface area contributed by atoms with Crippen LogP contribution in [0, 0.1) is 0 Å². The number of ether oxygens (including phenoxy) is 1. The molecule has 1 aliphatic rings. The molecule has 0 bridgehead atoms. The number of rotatable bonds is 3. The lowest BCUT2D eigenvalue weighted by Crippen LogP contribution is -2.21. The second kappa shape index (κ2) is 5.58. The molecule has 0 unspecified atom stereocenters. The van der Waals surface area contributed by atoms with E-state index in [9.17, 15) is 0 Å². The molecule has 104 valence electrons. The van der Waals surface area contributed by atoms with Crippen molar-refractivity contribution in [2.75, 3.05) is 25.1 Å². The maximum absolute atomic E-state index is 6.01. The first-order valence-corrected chi connectivity index (χ1v) is 6.80. The quantitative estimate of drug-likeness (QED) is 0.864. The second-order valence-corrected chi connectivity index (χ2v) is 4.87. The topological polar surface area (TPSA) is 64.0 Å². The summed E-state index contributed by atoms with van der Waals surface area (Å²) in [6.45, 7) is 1.91. The van der Waals surface area contributed by atoms with Crippen molar-refractivity contribution >= 4 is 17.5 Å². The summed E-state index contributed by atoms with van der Waals surface area (Å²) in [6.07, 6.45) is 5.62. The molecule has 3 rings (SSSR count). The van der Waals surface area contributed by atoms with Crippen molar-refractivity contribution in [2.24, 2.45) is 0 Å². The zero-order valence-corrected chi connectivity index (χ0v) is 11.8. The standard InChI is InChI=1S/C13H14ClN5O/c1-20-10-6-9(7-15-8-10)11-16-12(14)18-13(17-11)19-4-2-3-5-19/h6-8H,2-5H2,1H3. The van der Waals surface area contributed by atoms with Gasteiger partial charge in [-0.05, 0) is 30.5 Å². The van der Waals surface area contributed by atoms with E-state index in [0.717, 1.165) is 31.5 Å². The number of methoxy groups -OCH3 is 1. The second-order valence-electron chi connectivity index (χ2n) is 4.54. The van der Waals surface area contributed by atoms with Crippen LogP contribution in [-0.4, -0.2) is 40.1 Å². The Balaban J connectivity index is 1.99. The minimum Gasteiger partial charge on any atom is -0.495 e. The summed E-state index contributed by atoms with van der Waals surface area (Å²) >= 11 is 6.01. The van der Waals surface area contributed by atoms with Gasteiger partial charge in [0.25, 0.3) is 0 Å². The van der Waals surface area contributed by atoms with Gasteiger partial charge >= 0.3 is 0 Å². The van der Waals surface area contributed by atoms with Crippen molar-refractivity contribution < 1.29 is 4.74 Å². The maximum atomic E-state index is 6.01. The minimum atomic E-state index is 0.194. The van der Waals surface area contributed by atoms with E-state index in [0.29, 0.717) is 17.5 Å². The van der Waals surface area contributed by atoms with Crippen molar-refractivity contribution in [1.29, 1.82) is 0 Å². The third kappa shape index (κ3) is 2.65. The number of halogens is 1. The Kier molecular flexibility index (Phi) is 3.64. The smallest absolute Gasteiger partial charge is 0.230 e. The van der Waals surface area contributed by atoms with Crippen LogP contribution in [-0.2, 0) is 0 Å². The molecule has 6 nitrogen and oxygen atoms in total. The Labute approximate surface area is 121 Å². The highest BCUT2D eigenvalue weighted by Crippen LogP contribution is 2.23. The van der Waals surface area contributed by atoms with E-state index in [4.69, 9.17) is 16.3 Å². The Morgan fingerprint density at radius 3 is 2.70 bits per heavy atom. The van der Waals surface area contributed by atoms with Gasteiger partial charge < -0.3 is 9.64 Å². The number of pyridine rings is 1. The molecule has 0 aliphatic carbocycles. The zero-order chi connectivity index (χ0) is 13.9. The molecule has 3 heterocycles.